The van der Waals surface area contributed by atoms with Crippen LogP contribution in [0.25, 0.3) is 6.08 Å². The molecule has 0 heterocycles. The molecule has 0 aliphatic heterocycles. The van der Waals surface area contributed by atoms with Crippen LogP contribution in [0.4, 0.5) is 0 Å². The minimum Gasteiger partial charge on any atom is -0.504 e. The molecule has 8 heteroatoms. The molecule has 0 saturated carbocycles. The van der Waals surface area contributed by atoms with E-state index in [-0.39, 0.29) is 17.1 Å². The van der Waals surface area contributed by atoms with Gasteiger partial charge < -0.3 is 19.3 Å². The van der Waals surface area contributed by atoms with Crippen LogP contribution in [0.1, 0.15) is 18.1 Å². The number of benzene rings is 2. The van der Waals surface area contributed by atoms with Crippen LogP contribution in [0, 0.1) is 11.3 Å². The van der Waals surface area contributed by atoms with Crippen LogP contribution in [0.5, 0.6) is 23.0 Å². The summed E-state index contributed by atoms with van der Waals surface area (Å²) in [7, 11) is 4.48. The Hall–Kier alpha value is -3.99. The number of carbonyl (C=O) groups excluding carboxylic acids is 1. The summed E-state index contributed by atoms with van der Waals surface area (Å²) in [5.74, 6) is 0.686. The Balaban J connectivity index is 2.25. The smallest absolute Gasteiger partial charge is 0.282 e. The molecular formula is C21H21N3O5. The van der Waals surface area contributed by atoms with Crippen molar-refractivity contribution in [3.8, 4) is 29.1 Å². The summed E-state index contributed by atoms with van der Waals surface area (Å²) in [6.07, 6.45) is 1.37. The molecule has 150 valence electrons. The second kappa shape index (κ2) is 9.80. The highest BCUT2D eigenvalue weighted by Crippen LogP contribution is 2.27. The molecule has 0 aliphatic carbocycles. The first-order chi connectivity index (χ1) is 13.9. The van der Waals surface area contributed by atoms with Crippen molar-refractivity contribution >= 4 is 17.7 Å². The Labute approximate surface area is 168 Å². The summed E-state index contributed by atoms with van der Waals surface area (Å²) in [5.41, 5.74) is 3.82. The molecule has 0 saturated heterocycles. The molecule has 2 aromatic rings. The number of nitrogens with one attached hydrogen (secondary N) is 1. The highest BCUT2D eigenvalue weighted by Gasteiger charge is 2.12. The summed E-state index contributed by atoms with van der Waals surface area (Å²) >= 11 is 0. The van der Waals surface area contributed by atoms with Gasteiger partial charge >= 0.3 is 0 Å². The summed E-state index contributed by atoms with van der Waals surface area (Å²) in [6.45, 7) is 1.69. The van der Waals surface area contributed by atoms with E-state index in [2.05, 4.69) is 10.5 Å². The highest BCUT2D eigenvalue weighted by atomic mass is 16.5. The lowest BCUT2D eigenvalue weighted by molar-refractivity contribution is -0.117. The summed E-state index contributed by atoms with van der Waals surface area (Å²) in [5, 5.41) is 23.0. The first-order valence-corrected chi connectivity index (χ1v) is 8.49. The van der Waals surface area contributed by atoms with Gasteiger partial charge in [-0.1, -0.05) is 6.07 Å². The van der Waals surface area contributed by atoms with Crippen molar-refractivity contribution in [3.63, 3.8) is 0 Å². The maximum absolute atomic E-state index is 12.4. The predicted molar refractivity (Wildman–Crippen MR) is 108 cm³/mol. The van der Waals surface area contributed by atoms with E-state index >= 15 is 0 Å². The zero-order valence-electron chi connectivity index (χ0n) is 16.5. The predicted octanol–water partition coefficient (Wildman–Crippen LogP) is 2.87. The molecule has 2 N–H and O–H groups in total. The van der Waals surface area contributed by atoms with Crippen LogP contribution in [0.2, 0.25) is 0 Å². The van der Waals surface area contributed by atoms with E-state index in [0.717, 1.165) is 0 Å². The number of hydrazone groups is 1. The summed E-state index contributed by atoms with van der Waals surface area (Å²) in [4.78, 5) is 12.4. The van der Waals surface area contributed by atoms with Crippen molar-refractivity contribution in [2.75, 3.05) is 21.3 Å². The van der Waals surface area contributed by atoms with Gasteiger partial charge in [-0.3, -0.25) is 4.79 Å². The third kappa shape index (κ3) is 5.26. The lowest BCUT2D eigenvalue weighted by Crippen LogP contribution is -2.20. The van der Waals surface area contributed by atoms with E-state index < -0.39 is 5.91 Å². The summed E-state index contributed by atoms with van der Waals surface area (Å²) < 4.78 is 15.5. The molecule has 0 unspecified atom stereocenters. The van der Waals surface area contributed by atoms with Gasteiger partial charge in [0.1, 0.15) is 23.1 Å². The van der Waals surface area contributed by atoms with E-state index in [1.54, 1.807) is 38.3 Å². The minimum atomic E-state index is -0.680. The van der Waals surface area contributed by atoms with Gasteiger partial charge in [0.15, 0.2) is 11.5 Å². The van der Waals surface area contributed by atoms with Crippen molar-refractivity contribution in [1.29, 1.82) is 5.26 Å². The number of phenolic OH excluding ortho intramolecular Hbond substituents is 1. The molecule has 1 amide bonds. The third-order valence-electron chi connectivity index (χ3n) is 4.00. The van der Waals surface area contributed by atoms with Gasteiger partial charge in [-0.25, -0.2) is 5.43 Å². The number of methoxy groups -OCH3 is 3. The van der Waals surface area contributed by atoms with Gasteiger partial charge in [-0.15, -0.1) is 0 Å². The molecule has 0 aromatic heterocycles. The molecule has 2 aromatic carbocycles. The Kier molecular flexibility index (Phi) is 7.20. The number of nitrogens with zero attached hydrogens (tertiary/aromatic N) is 2. The van der Waals surface area contributed by atoms with Gasteiger partial charge in [-0.05, 0) is 48.9 Å². The molecule has 8 nitrogen and oxygen atoms in total. The molecule has 29 heavy (non-hydrogen) atoms. The molecule has 0 aliphatic rings. The van der Waals surface area contributed by atoms with E-state index in [9.17, 15) is 15.2 Å². The molecule has 0 atom stereocenters. The Morgan fingerprint density at radius 2 is 1.83 bits per heavy atom. The topological polar surface area (TPSA) is 113 Å². The number of rotatable bonds is 7. The zero-order chi connectivity index (χ0) is 21.4. The van der Waals surface area contributed by atoms with Crippen LogP contribution >= 0.6 is 0 Å². The number of ether oxygens (including phenoxy) is 3. The van der Waals surface area contributed by atoms with Crippen molar-refractivity contribution in [2.24, 2.45) is 5.10 Å². The Morgan fingerprint density at radius 3 is 2.45 bits per heavy atom. The van der Waals surface area contributed by atoms with Crippen molar-refractivity contribution in [2.45, 2.75) is 6.92 Å². The fourth-order valence-electron chi connectivity index (χ4n) is 2.45. The van der Waals surface area contributed by atoms with Crippen LogP contribution in [-0.4, -0.2) is 38.1 Å². The average Bonchev–Trinajstić information content (AvgIpc) is 2.75. The Morgan fingerprint density at radius 1 is 1.10 bits per heavy atom. The lowest BCUT2D eigenvalue weighted by Gasteiger charge is -2.10. The van der Waals surface area contributed by atoms with Crippen molar-refractivity contribution in [3.05, 3.63) is 53.1 Å². The number of hydrogen-bond donors (Lipinski definition) is 2. The number of nitriles is 1. The van der Waals surface area contributed by atoms with E-state index in [1.807, 2.05) is 6.07 Å². The monoisotopic (exact) mass is 395 g/mol. The van der Waals surface area contributed by atoms with Gasteiger partial charge in [0.25, 0.3) is 5.91 Å². The van der Waals surface area contributed by atoms with Crippen molar-refractivity contribution in [1.82, 2.24) is 5.43 Å². The van der Waals surface area contributed by atoms with E-state index in [4.69, 9.17) is 14.2 Å². The van der Waals surface area contributed by atoms with Gasteiger partial charge in [0.05, 0.1) is 27.0 Å². The molecule has 2 rings (SSSR count). The highest BCUT2D eigenvalue weighted by molar-refractivity contribution is 6.05. The number of hydrogen-bond acceptors (Lipinski definition) is 7. The quantitative estimate of drug-likeness (QED) is 0.323. The van der Waals surface area contributed by atoms with Gasteiger partial charge in [0, 0.05) is 5.56 Å². The van der Waals surface area contributed by atoms with Gasteiger partial charge in [0.2, 0.25) is 0 Å². The lowest BCUT2D eigenvalue weighted by atomic mass is 10.1. The molecule has 0 radical (unpaired) electrons. The van der Waals surface area contributed by atoms with E-state index in [1.165, 1.54) is 32.4 Å². The van der Waals surface area contributed by atoms with E-state index in [0.29, 0.717) is 28.3 Å². The molecule has 0 fully saturated rings. The normalized spacial score (nSPS) is 11.4. The Bertz CT molecular complexity index is 1010. The van der Waals surface area contributed by atoms with Crippen LogP contribution in [-0.2, 0) is 4.79 Å². The average molecular weight is 395 g/mol. The first-order valence-electron chi connectivity index (χ1n) is 8.49. The fraction of sp³-hybridized carbons (Fsp3) is 0.190. The van der Waals surface area contributed by atoms with Crippen molar-refractivity contribution < 1.29 is 24.1 Å². The van der Waals surface area contributed by atoms with Gasteiger partial charge in [-0.2, -0.15) is 10.4 Å². The first kappa shape index (κ1) is 21.3. The second-order valence-electron chi connectivity index (χ2n) is 5.81. The third-order valence-corrected chi connectivity index (χ3v) is 4.00. The molecular weight excluding hydrogens is 374 g/mol. The largest absolute Gasteiger partial charge is 0.504 e. The standard InChI is InChI=1S/C21H21N3O5/c1-13(17-11-16(27-2)6-8-19(17)28-3)23-24-21(26)15(12-22)9-14-5-7-18(25)20(10-14)29-4/h5-11,25H,1-4H3,(H,24,26)/b15-9+,23-13+. The van der Waals surface area contributed by atoms with Crippen LogP contribution in [0.3, 0.4) is 0 Å². The number of aromatic hydroxyl groups is 1. The zero-order valence-corrected chi connectivity index (χ0v) is 16.5. The number of phenols is 1. The molecule has 0 spiro atoms. The SMILES string of the molecule is COc1ccc(OC)c(/C(C)=N/NC(=O)/C(C#N)=C/c2ccc(O)c(OC)c2)c1. The molecule has 0 bridgehead atoms. The van der Waals surface area contributed by atoms with Crippen LogP contribution < -0.4 is 19.6 Å². The fourth-order valence-corrected chi connectivity index (χ4v) is 2.45. The maximum Gasteiger partial charge on any atom is 0.282 e. The minimum absolute atomic E-state index is 0.0416. The maximum atomic E-state index is 12.4. The number of carbonyl (C=O) groups is 1. The van der Waals surface area contributed by atoms with Crippen LogP contribution in [0.15, 0.2) is 47.1 Å². The number of amides is 1. The second-order valence-corrected chi connectivity index (χ2v) is 5.81. The summed E-state index contributed by atoms with van der Waals surface area (Å²) in [6, 6.07) is 11.5.